The molecule has 0 aliphatic rings. The first kappa shape index (κ1) is 13.6. The fraction of sp³-hybridized carbons (Fsp3) is 0.250. The van der Waals surface area contributed by atoms with Crippen molar-refractivity contribution in [2.45, 2.75) is 13.0 Å². The highest BCUT2D eigenvalue weighted by molar-refractivity contribution is 7.21. The molecule has 1 heterocycles. The number of hydrogen-bond donors (Lipinski definition) is 2. The lowest BCUT2D eigenvalue weighted by molar-refractivity contribution is 0.0928. The van der Waals surface area contributed by atoms with Crippen LogP contribution in [0.1, 0.15) is 16.6 Å². The largest absolute Gasteiger partial charge is 0.392 e. The summed E-state index contributed by atoms with van der Waals surface area (Å²) >= 11 is 13.3. The van der Waals surface area contributed by atoms with E-state index in [2.05, 4.69) is 5.32 Å². The van der Waals surface area contributed by atoms with Crippen molar-refractivity contribution >= 4 is 50.5 Å². The molecule has 0 aliphatic heterocycles. The number of aliphatic hydroxyl groups is 1. The Morgan fingerprint density at radius 3 is 2.89 bits per heavy atom. The highest BCUT2D eigenvalue weighted by atomic mass is 35.5. The third-order valence-corrected chi connectivity index (χ3v) is 4.25. The molecule has 0 saturated heterocycles. The second-order valence-corrected chi connectivity index (χ2v) is 5.81. The maximum Gasteiger partial charge on any atom is 0.263 e. The van der Waals surface area contributed by atoms with Gasteiger partial charge < -0.3 is 10.4 Å². The van der Waals surface area contributed by atoms with Crippen LogP contribution >= 0.6 is 34.5 Å². The summed E-state index contributed by atoms with van der Waals surface area (Å²) in [5, 5.41) is 13.6. The van der Waals surface area contributed by atoms with Gasteiger partial charge in [-0.25, -0.2) is 0 Å². The molecule has 1 atom stereocenters. The van der Waals surface area contributed by atoms with E-state index in [-0.39, 0.29) is 12.5 Å². The van der Waals surface area contributed by atoms with Crippen molar-refractivity contribution in [3.63, 3.8) is 0 Å². The van der Waals surface area contributed by atoms with Gasteiger partial charge in [0.1, 0.15) is 4.88 Å². The number of rotatable bonds is 3. The number of benzene rings is 1. The molecule has 0 saturated carbocycles. The second kappa shape index (κ2) is 5.45. The molecular formula is C12H11Cl2NO2S. The van der Waals surface area contributed by atoms with Crippen LogP contribution in [0.5, 0.6) is 0 Å². The van der Waals surface area contributed by atoms with Crippen LogP contribution in [-0.4, -0.2) is 23.7 Å². The molecule has 2 rings (SSSR count). The van der Waals surface area contributed by atoms with Crippen LogP contribution in [0.4, 0.5) is 0 Å². The lowest BCUT2D eigenvalue weighted by atomic mass is 10.2. The van der Waals surface area contributed by atoms with Crippen LogP contribution in [0.25, 0.3) is 10.1 Å². The molecular weight excluding hydrogens is 293 g/mol. The van der Waals surface area contributed by atoms with E-state index in [1.54, 1.807) is 25.1 Å². The van der Waals surface area contributed by atoms with E-state index >= 15 is 0 Å². The molecule has 1 unspecified atom stereocenters. The molecule has 18 heavy (non-hydrogen) atoms. The Kier molecular flexibility index (Phi) is 4.12. The minimum atomic E-state index is -0.587. The third-order valence-electron chi connectivity index (χ3n) is 2.36. The minimum Gasteiger partial charge on any atom is -0.392 e. The van der Waals surface area contributed by atoms with Crippen molar-refractivity contribution in [1.82, 2.24) is 5.32 Å². The van der Waals surface area contributed by atoms with Gasteiger partial charge in [0.05, 0.1) is 11.1 Å². The average molecular weight is 304 g/mol. The van der Waals surface area contributed by atoms with Crippen molar-refractivity contribution in [3.8, 4) is 0 Å². The summed E-state index contributed by atoms with van der Waals surface area (Å²) in [6, 6.07) is 5.31. The van der Waals surface area contributed by atoms with Crippen LogP contribution < -0.4 is 5.32 Å². The Morgan fingerprint density at radius 1 is 1.50 bits per heavy atom. The number of aliphatic hydroxyl groups excluding tert-OH is 1. The molecule has 3 nitrogen and oxygen atoms in total. The van der Waals surface area contributed by atoms with Crippen LogP contribution in [0.15, 0.2) is 18.2 Å². The van der Waals surface area contributed by atoms with E-state index in [0.717, 1.165) is 10.1 Å². The number of thiophene rings is 1. The number of carbonyl (C=O) groups is 1. The smallest absolute Gasteiger partial charge is 0.263 e. The predicted molar refractivity (Wildman–Crippen MR) is 75.9 cm³/mol. The van der Waals surface area contributed by atoms with E-state index in [0.29, 0.717) is 14.9 Å². The van der Waals surface area contributed by atoms with E-state index < -0.39 is 6.10 Å². The van der Waals surface area contributed by atoms with E-state index in [1.165, 1.54) is 11.3 Å². The van der Waals surface area contributed by atoms with Gasteiger partial charge in [0.25, 0.3) is 5.91 Å². The maximum atomic E-state index is 11.9. The van der Waals surface area contributed by atoms with Gasteiger partial charge >= 0.3 is 0 Å². The van der Waals surface area contributed by atoms with Crippen molar-refractivity contribution < 1.29 is 9.90 Å². The Hall–Kier alpha value is -0.810. The number of carbonyl (C=O) groups excluding carboxylic acids is 1. The summed E-state index contributed by atoms with van der Waals surface area (Å²) in [6.45, 7) is 1.80. The molecule has 0 fully saturated rings. The zero-order valence-corrected chi connectivity index (χ0v) is 11.9. The summed E-state index contributed by atoms with van der Waals surface area (Å²) in [6.07, 6.45) is -0.587. The summed E-state index contributed by atoms with van der Waals surface area (Å²) in [4.78, 5) is 12.3. The van der Waals surface area contributed by atoms with E-state index in [1.807, 2.05) is 0 Å². The van der Waals surface area contributed by atoms with Crippen LogP contribution in [0, 0.1) is 0 Å². The van der Waals surface area contributed by atoms with Crippen LogP contribution in [-0.2, 0) is 0 Å². The first-order valence-electron chi connectivity index (χ1n) is 5.33. The summed E-state index contributed by atoms with van der Waals surface area (Å²) < 4.78 is 0.870. The molecule has 0 bridgehead atoms. The molecule has 2 N–H and O–H groups in total. The number of hydrogen-bond acceptors (Lipinski definition) is 3. The summed E-state index contributed by atoms with van der Waals surface area (Å²) in [5.41, 5.74) is 0. The molecule has 6 heteroatoms. The molecule has 1 amide bonds. The lowest BCUT2D eigenvalue weighted by Gasteiger charge is -2.05. The molecule has 96 valence electrons. The highest BCUT2D eigenvalue weighted by Gasteiger charge is 2.17. The fourth-order valence-corrected chi connectivity index (χ4v) is 3.22. The topological polar surface area (TPSA) is 49.3 Å². The van der Waals surface area contributed by atoms with Gasteiger partial charge in [-0.15, -0.1) is 11.3 Å². The molecule has 0 radical (unpaired) electrons. The molecule has 1 aromatic heterocycles. The van der Waals surface area contributed by atoms with Crippen LogP contribution in [0.2, 0.25) is 10.0 Å². The number of amides is 1. The number of halogens is 2. The zero-order valence-electron chi connectivity index (χ0n) is 9.54. The number of nitrogens with one attached hydrogen (secondary N) is 1. The standard InChI is InChI=1S/C12H11Cl2NO2S/c1-6(16)5-15-12(17)11-10(14)8-3-2-7(13)4-9(8)18-11/h2-4,6,16H,5H2,1H3,(H,15,17). The molecule has 1 aromatic carbocycles. The van der Waals surface area contributed by atoms with Gasteiger partial charge in [0.2, 0.25) is 0 Å². The third kappa shape index (κ3) is 2.78. The maximum absolute atomic E-state index is 11.9. The SMILES string of the molecule is CC(O)CNC(=O)c1sc2cc(Cl)ccc2c1Cl. The van der Waals surface area contributed by atoms with Gasteiger partial charge in [-0.1, -0.05) is 29.3 Å². The van der Waals surface area contributed by atoms with Crippen molar-refractivity contribution in [3.05, 3.63) is 33.1 Å². The Labute approximate surface area is 118 Å². The minimum absolute atomic E-state index is 0.199. The van der Waals surface area contributed by atoms with Gasteiger partial charge in [-0.2, -0.15) is 0 Å². The fourth-order valence-electron chi connectivity index (χ4n) is 1.51. The lowest BCUT2D eigenvalue weighted by Crippen LogP contribution is -2.30. The van der Waals surface area contributed by atoms with Gasteiger partial charge in [-0.05, 0) is 19.1 Å². The normalized spacial score (nSPS) is 12.7. The van der Waals surface area contributed by atoms with Gasteiger partial charge in [-0.3, -0.25) is 4.79 Å². The number of fused-ring (bicyclic) bond motifs is 1. The first-order chi connectivity index (χ1) is 8.49. The second-order valence-electron chi connectivity index (χ2n) is 3.94. The highest BCUT2D eigenvalue weighted by Crippen LogP contribution is 2.36. The first-order valence-corrected chi connectivity index (χ1v) is 6.90. The van der Waals surface area contributed by atoms with Gasteiger partial charge in [0, 0.05) is 21.7 Å². The van der Waals surface area contributed by atoms with Crippen molar-refractivity contribution in [1.29, 1.82) is 0 Å². The quantitative estimate of drug-likeness (QED) is 0.914. The summed E-state index contributed by atoms with van der Waals surface area (Å²) in [7, 11) is 0. The summed E-state index contributed by atoms with van der Waals surface area (Å²) in [5.74, 6) is -0.279. The molecule has 2 aromatic rings. The van der Waals surface area contributed by atoms with Gasteiger partial charge in [0.15, 0.2) is 0 Å². The predicted octanol–water partition coefficient (Wildman–Crippen LogP) is 3.32. The van der Waals surface area contributed by atoms with Crippen molar-refractivity contribution in [2.24, 2.45) is 0 Å². The Balaban J connectivity index is 2.33. The Bertz CT molecular complexity index is 595. The zero-order chi connectivity index (χ0) is 13.3. The monoisotopic (exact) mass is 303 g/mol. The van der Waals surface area contributed by atoms with Crippen LogP contribution in [0.3, 0.4) is 0 Å². The molecule has 0 spiro atoms. The van der Waals surface area contributed by atoms with Crippen molar-refractivity contribution in [2.75, 3.05) is 6.54 Å². The average Bonchev–Trinajstić information content (AvgIpc) is 2.63. The Morgan fingerprint density at radius 2 is 2.22 bits per heavy atom. The van der Waals surface area contributed by atoms with E-state index in [4.69, 9.17) is 28.3 Å². The molecule has 0 aliphatic carbocycles. The van der Waals surface area contributed by atoms with E-state index in [9.17, 15) is 4.79 Å².